The van der Waals surface area contributed by atoms with Crippen LogP contribution in [-0.2, 0) is 0 Å². The van der Waals surface area contributed by atoms with Crippen LogP contribution in [0.3, 0.4) is 0 Å². The maximum atomic E-state index is 13.0. The molecule has 0 radical (unpaired) electrons. The molecule has 0 unspecified atom stereocenters. The molecule has 136 valence electrons. The van der Waals surface area contributed by atoms with Crippen LogP contribution in [-0.4, -0.2) is 29.2 Å². The Hall–Kier alpha value is -3.15. The van der Waals surface area contributed by atoms with Crippen molar-refractivity contribution in [1.82, 2.24) is 9.97 Å². The average Bonchev–Trinajstić information content (AvgIpc) is 3.09. The van der Waals surface area contributed by atoms with Gasteiger partial charge in [-0.3, -0.25) is 0 Å². The number of fused-ring (bicyclic) bond motifs is 3. The van der Waals surface area contributed by atoms with Gasteiger partial charge in [-0.05, 0) is 36.4 Å². The molecule has 1 aliphatic rings. The monoisotopic (exact) mass is 363 g/mol. The van der Waals surface area contributed by atoms with Crippen LogP contribution in [0, 0.1) is 5.82 Å². The van der Waals surface area contributed by atoms with E-state index in [-0.39, 0.29) is 11.9 Å². The quantitative estimate of drug-likeness (QED) is 0.534. The van der Waals surface area contributed by atoms with Crippen molar-refractivity contribution in [3.8, 4) is 5.75 Å². The first kappa shape index (κ1) is 16.1. The van der Waals surface area contributed by atoms with Crippen molar-refractivity contribution >= 4 is 27.9 Å². The summed E-state index contributed by atoms with van der Waals surface area (Å²) in [6.07, 6.45) is 3.44. The van der Waals surface area contributed by atoms with Gasteiger partial charge in [0, 0.05) is 31.3 Å². The molecule has 5 nitrogen and oxygen atoms in total. The van der Waals surface area contributed by atoms with Crippen LogP contribution in [0.25, 0.3) is 22.1 Å². The van der Waals surface area contributed by atoms with E-state index in [4.69, 9.17) is 9.15 Å². The van der Waals surface area contributed by atoms with Crippen molar-refractivity contribution in [2.75, 3.05) is 18.0 Å². The first-order valence-electron chi connectivity index (χ1n) is 9.07. The van der Waals surface area contributed by atoms with E-state index in [0.717, 1.165) is 53.8 Å². The maximum absolute atomic E-state index is 13.0. The van der Waals surface area contributed by atoms with E-state index in [2.05, 4.69) is 14.9 Å². The summed E-state index contributed by atoms with van der Waals surface area (Å²) in [6, 6.07) is 14.1. The molecule has 1 saturated heterocycles. The van der Waals surface area contributed by atoms with Gasteiger partial charge in [0.05, 0.1) is 0 Å². The SMILES string of the molecule is Fc1ccc(OC2CCN(c3ncnc4c3oc3ccccc34)CC2)cc1. The fraction of sp³-hybridized carbons (Fsp3) is 0.238. The van der Waals surface area contributed by atoms with E-state index in [1.54, 1.807) is 18.5 Å². The standard InChI is InChI=1S/C21H18FN3O2/c22-14-5-7-15(8-6-14)26-16-9-11-25(12-10-16)21-20-19(23-13-24-21)17-3-1-2-4-18(17)27-20/h1-8,13,16H,9-12H2. The Bertz CT molecular complexity index is 1090. The maximum Gasteiger partial charge on any atom is 0.196 e. The van der Waals surface area contributed by atoms with Gasteiger partial charge in [0.1, 0.15) is 35.1 Å². The van der Waals surface area contributed by atoms with Crippen LogP contribution in [0.2, 0.25) is 0 Å². The van der Waals surface area contributed by atoms with E-state index < -0.39 is 0 Å². The molecule has 0 atom stereocenters. The lowest BCUT2D eigenvalue weighted by Gasteiger charge is -2.32. The molecule has 5 rings (SSSR count). The second kappa shape index (κ2) is 6.54. The molecular formula is C21H18FN3O2. The van der Waals surface area contributed by atoms with Gasteiger partial charge in [0.25, 0.3) is 0 Å². The van der Waals surface area contributed by atoms with Crippen LogP contribution in [0.4, 0.5) is 10.2 Å². The normalized spacial score (nSPS) is 15.5. The summed E-state index contributed by atoms with van der Waals surface area (Å²) >= 11 is 0. The third-order valence-electron chi connectivity index (χ3n) is 5.00. The summed E-state index contributed by atoms with van der Waals surface area (Å²) in [5.74, 6) is 1.28. The van der Waals surface area contributed by atoms with Crippen molar-refractivity contribution in [3.63, 3.8) is 0 Å². The molecule has 3 heterocycles. The smallest absolute Gasteiger partial charge is 0.196 e. The molecule has 0 amide bonds. The van der Waals surface area contributed by atoms with Gasteiger partial charge in [-0.1, -0.05) is 12.1 Å². The van der Waals surface area contributed by atoms with E-state index >= 15 is 0 Å². The second-order valence-corrected chi connectivity index (χ2v) is 6.73. The minimum absolute atomic E-state index is 0.111. The molecule has 0 bridgehead atoms. The Labute approximate surface area is 155 Å². The molecule has 6 heteroatoms. The second-order valence-electron chi connectivity index (χ2n) is 6.73. The van der Waals surface area contributed by atoms with Crippen LogP contribution in [0.5, 0.6) is 5.75 Å². The summed E-state index contributed by atoms with van der Waals surface area (Å²) in [5, 5.41) is 1.01. The van der Waals surface area contributed by atoms with Crippen molar-refractivity contribution in [3.05, 3.63) is 60.7 Å². The van der Waals surface area contributed by atoms with Gasteiger partial charge in [0.15, 0.2) is 11.4 Å². The largest absolute Gasteiger partial charge is 0.490 e. The summed E-state index contributed by atoms with van der Waals surface area (Å²) in [5.41, 5.74) is 2.40. The highest BCUT2D eigenvalue weighted by molar-refractivity contribution is 6.05. The van der Waals surface area contributed by atoms with Gasteiger partial charge in [-0.2, -0.15) is 0 Å². The lowest BCUT2D eigenvalue weighted by molar-refractivity contribution is 0.170. The molecular weight excluding hydrogens is 345 g/mol. The highest BCUT2D eigenvalue weighted by atomic mass is 19.1. The number of benzene rings is 2. The zero-order valence-corrected chi connectivity index (χ0v) is 14.6. The molecule has 0 aliphatic carbocycles. The predicted molar refractivity (Wildman–Crippen MR) is 102 cm³/mol. The highest BCUT2D eigenvalue weighted by Crippen LogP contribution is 2.33. The number of piperidine rings is 1. The number of nitrogens with zero attached hydrogens (tertiary/aromatic N) is 3. The van der Waals surface area contributed by atoms with Crippen molar-refractivity contribution in [1.29, 1.82) is 0 Å². The van der Waals surface area contributed by atoms with Crippen molar-refractivity contribution in [2.45, 2.75) is 18.9 Å². The Morgan fingerprint density at radius 1 is 1.00 bits per heavy atom. The minimum Gasteiger partial charge on any atom is -0.490 e. The van der Waals surface area contributed by atoms with Crippen molar-refractivity contribution in [2.24, 2.45) is 0 Å². The molecule has 2 aromatic heterocycles. The zero-order chi connectivity index (χ0) is 18.2. The van der Waals surface area contributed by atoms with Crippen LogP contribution in [0.15, 0.2) is 59.3 Å². The third-order valence-corrected chi connectivity index (χ3v) is 5.00. The molecule has 0 saturated carbocycles. The molecule has 2 aromatic carbocycles. The van der Waals surface area contributed by atoms with Crippen LogP contribution < -0.4 is 9.64 Å². The fourth-order valence-electron chi connectivity index (χ4n) is 3.63. The number of halogens is 1. The number of para-hydroxylation sites is 1. The van der Waals surface area contributed by atoms with E-state index in [9.17, 15) is 4.39 Å². The average molecular weight is 363 g/mol. The Kier molecular flexibility index (Phi) is 3.89. The van der Waals surface area contributed by atoms with Crippen molar-refractivity contribution < 1.29 is 13.5 Å². The van der Waals surface area contributed by atoms with Gasteiger partial charge in [0.2, 0.25) is 0 Å². The number of furan rings is 1. The summed E-state index contributed by atoms with van der Waals surface area (Å²) in [7, 11) is 0. The minimum atomic E-state index is -0.254. The molecule has 1 fully saturated rings. The van der Waals surface area contributed by atoms with Gasteiger partial charge < -0.3 is 14.1 Å². The Morgan fingerprint density at radius 3 is 2.59 bits per heavy atom. The molecule has 4 aromatic rings. The Morgan fingerprint density at radius 2 is 1.78 bits per heavy atom. The highest BCUT2D eigenvalue weighted by Gasteiger charge is 2.24. The van der Waals surface area contributed by atoms with Gasteiger partial charge >= 0.3 is 0 Å². The number of hydrogen-bond acceptors (Lipinski definition) is 5. The first-order chi connectivity index (χ1) is 13.3. The fourth-order valence-corrected chi connectivity index (χ4v) is 3.63. The number of hydrogen-bond donors (Lipinski definition) is 0. The first-order valence-corrected chi connectivity index (χ1v) is 9.07. The van der Waals surface area contributed by atoms with Gasteiger partial charge in [-0.15, -0.1) is 0 Å². The zero-order valence-electron chi connectivity index (χ0n) is 14.6. The molecule has 0 spiro atoms. The summed E-state index contributed by atoms with van der Waals surface area (Å²) in [4.78, 5) is 11.1. The lowest BCUT2D eigenvalue weighted by atomic mass is 10.1. The predicted octanol–water partition coefficient (Wildman–Crippen LogP) is 4.56. The van der Waals surface area contributed by atoms with Gasteiger partial charge in [-0.25, -0.2) is 14.4 Å². The van der Waals surface area contributed by atoms with E-state index in [1.807, 2.05) is 24.3 Å². The number of rotatable bonds is 3. The van der Waals surface area contributed by atoms with E-state index in [0.29, 0.717) is 5.75 Å². The van der Waals surface area contributed by atoms with Crippen LogP contribution >= 0.6 is 0 Å². The third kappa shape index (κ3) is 2.97. The molecule has 0 N–H and O–H groups in total. The van der Waals surface area contributed by atoms with Crippen LogP contribution in [0.1, 0.15) is 12.8 Å². The number of ether oxygens (including phenoxy) is 1. The summed E-state index contributed by atoms with van der Waals surface area (Å²) < 4.78 is 25.0. The lowest BCUT2D eigenvalue weighted by Crippen LogP contribution is -2.38. The Balaban J connectivity index is 1.35. The molecule has 27 heavy (non-hydrogen) atoms. The number of anilines is 1. The topological polar surface area (TPSA) is 51.4 Å². The molecule has 1 aliphatic heterocycles. The van der Waals surface area contributed by atoms with E-state index in [1.165, 1.54) is 12.1 Å². The number of aromatic nitrogens is 2. The summed E-state index contributed by atoms with van der Waals surface area (Å²) in [6.45, 7) is 1.63.